The SMILES string of the molecule is CCN(CC)c1ccc([C@H]2c3sc(=O)n(CC(=O)Nc4ccc(Cl)c(Cl)c4)c3SC3C(=O)N(c4ccc(Cl)cc4)C(=O)C32)cc1. The number of aromatic nitrogens is 1. The van der Waals surface area contributed by atoms with Gasteiger partial charge < -0.3 is 10.2 Å². The van der Waals surface area contributed by atoms with Crippen LogP contribution in [0.2, 0.25) is 15.1 Å². The summed E-state index contributed by atoms with van der Waals surface area (Å²) in [7, 11) is 0. The lowest BCUT2D eigenvalue weighted by molar-refractivity contribution is -0.122. The van der Waals surface area contributed by atoms with Crippen LogP contribution >= 0.6 is 57.9 Å². The molecule has 1 fully saturated rings. The molecule has 2 aliphatic rings. The minimum atomic E-state index is -0.800. The van der Waals surface area contributed by atoms with E-state index in [2.05, 4.69) is 24.1 Å². The molecule has 4 aromatic rings. The molecule has 2 aliphatic heterocycles. The van der Waals surface area contributed by atoms with Gasteiger partial charge in [-0.1, -0.05) is 70.0 Å². The van der Waals surface area contributed by atoms with Gasteiger partial charge in [-0.2, -0.15) is 0 Å². The molecule has 1 N–H and O–H groups in total. The molecule has 1 saturated heterocycles. The number of halogens is 3. The average molecular weight is 702 g/mol. The lowest BCUT2D eigenvalue weighted by atomic mass is 9.83. The Bertz CT molecular complexity index is 1860. The fourth-order valence-electron chi connectivity index (χ4n) is 5.86. The fraction of sp³-hybridized carbons (Fsp3) is 0.250. The summed E-state index contributed by atoms with van der Waals surface area (Å²) < 4.78 is 1.38. The van der Waals surface area contributed by atoms with Gasteiger partial charge in [0.2, 0.25) is 17.7 Å². The number of anilines is 3. The van der Waals surface area contributed by atoms with Crippen LogP contribution < -0.4 is 20.0 Å². The third-order valence-electron chi connectivity index (χ3n) is 8.02. The summed E-state index contributed by atoms with van der Waals surface area (Å²) in [6.45, 7) is 5.55. The molecule has 3 heterocycles. The van der Waals surface area contributed by atoms with Crippen LogP contribution in [0.25, 0.3) is 0 Å². The van der Waals surface area contributed by atoms with Crippen LogP contribution in [0.3, 0.4) is 0 Å². The number of nitrogens with one attached hydrogen (secondary N) is 1. The first-order valence-corrected chi connectivity index (χ1v) is 17.1. The summed E-state index contributed by atoms with van der Waals surface area (Å²) in [6, 6.07) is 19.2. The lowest BCUT2D eigenvalue weighted by Crippen LogP contribution is -2.33. The number of hydrogen-bond acceptors (Lipinski definition) is 7. The van der Waals surface area contributed by atoms with Gasteiger partial charge in [0.25, 0.3) is 0 Å². The topological polar surface area (TPSA) is 91.7 Å². The molecular formula is C32H27Cl3N4O4S2. The third-order valence-corrected chi connectivity index (χ3v) is 11.6. The number of thioether (sulfide) groups is 1. The van der Waals surface area contributed by atoms with E-state index < -0.39 is 23.0 Å². The first-order valence-electron chi connectivity index (χ1n) is 14.2. The first kappa shape index (κ1) is 31.7. The van der Waals surface area contributed by atoms with Crippen molar-refractivity contribution in [3.63, 3.8) is 0 Å². The quantitative estimate of drug-likeness (QED) is 0.196. The van der Waals surface area contributed by atoms with Crippen molar-refractivity contribution < 1.29 is 14.4 Å². The number of imide groups is 1. The maximum Gasteiger partial charge on any atom is 0.308 e. The molecule has 0 aliphatic carbocycles. The van der Waals surface area contributed by atoms with Crippen LogP contribution in [0.1, 0.15) is 30.2 Å². The molecule has 13 heteroatoms. The monoisotopic (exact) mass is 700 g/mol. The minimum absolute atomic E-state index is 0.283. The van der Waals surface area contributed by atoms with E-state index in [4.69, 9.17) is 34.8 Å². The van der Waals surface area contributed by atoms with Crippen molar-refractivity contribution in [1.29, 1.82) is 0 Å². The standard InChI is InChI=1S/C32H27Cl3N4O4S2/c1-3-37(4-2)20-10-5-17(6-11-20)25-26-27(30(42)39(29(26)41)21-12-7-18(33)8-13-21)44-31-28(25)45-32(43)38(31)16-24(40)36-19-9-14-22(34)23(35)15-19/h5-15,25-27H,3-4,16H2,1-2H3,(H,36,40)/t25-,26?,27?/m1/s1. The smallest absolute Gasteiger partial charge is 0.308 e. The van der Waals surface area contributed by atoms with E-state index in [0.29, 0.717) is 31.3 Å². The number of carbonyl (C=O) groups is 3. The second kappa shape index (κ2) is 12.8. The molecule has 0 radical (unpaired) electrons. The number of rotatable bonds is 8. The zero-order valence-corrected chi connectivity index (χ0v) is 28.0. The molecule has 3 atom stereocenters. The van der Waals surface area contributed by atoms with Crippen molar-refractivity contribution >= 4 is 92.7 Å². The van der Waals surface area contributed by atoms with E-state index in [1.165, 1.54) is 15.5 Å². The van der Waals surface area contributed by atoms with Crippen molar-refractivity contribution in [2.45, 2.75) is 36.6 Å². The Hall–Kier alpha value is -3.28. The van der Waals surface area contributed by atoms with Crippen LogP contribution in [0, 0.1) is 5.92 Å². The third kappa shape index (κ3) is 5.90. The molecule has 45 heavy (non-hydrogen) atoms. The molecule has 232 valence electrons. The second-order valence-corrected chi connectivity index (χ2v) is 14.0. The normalized spacial score (nSPS) is 19.0. The van der Waals surface area contributed by atoms with Crippen LogP contribution in [0.5, 0.6) is 0 Å². The number of nitrogens with zero attached hydrogens (tertiary/aromatic N) is 3. The van der Waals surface area contributed by atoms with Crippen LogP contribution in [0.4, 0.5) is 17.1 Å². The Balaban J connectivity index is 1.40. The molecule has 0 bridgehead atoms. The van der Waals surface area contributed by atoms with Crippen LogP contribution in [-0.2, 0) is 20.9 Å². The fourth-order valence-corrected chi connectivity index (χ4v) is 9.06. The highest BCUT2D eigenvalue weighted by molar-refractivity contribution is 8.00. The number of amides is 3. The molecule has 1 aromatic heterocycles. The number of thiazole rings is 1. The number of hydrogen-bond donors (Lipinski definition) is 1. The Kier molecular flexibility index (Phi) is 9.05. The highest BCUT2D eigenvalue weighted by Gasteiger charge is 2.56. The van der Waals surface area contributed by atoms with Crippen LogP contribution in [-0.4, -0.2) is 40.6 Å². The second-order valence-electron chi connectivity index (χ2n) is 10.6. The Morgan fingerprint density at radius 3 is 2.22 bits per heavy atom. The highest BCUT2D eigenvalue weighted by Crippen LogP contribution is 2.54. The number of carbonyl (C=O) groups excluding carboxylic acids is 3. The van der Waals surface area contributed by atoms with Gasteiger partial charge in [0.05, 0.1) is 26.7 Å². The van der Waals surface area contributed by atoms with Gasteiger partial charge in [-0.15, -0.1) is 0 Å². The largest absolute Gasteiger partial charge is 0.372 e. The zero-order valence-electron chi connectivity index (χ0n) is 24.1. The van der Waals surface area contributed by atoms with Gasteiger partial charge in [-0.05, 0) is 74.0 Å². The molecular weight excluding hydrogens is 675 g/mol. The molecule has 3 amide bonds. The van der Waals surface area contributed by atoms with Crippen molar-refractivity contribution in [2.75, 3.05) is 28.2 Å². The molecule has 3 aromatic carbocycles. The molecule has 6 rings (SSSR count). The van der Waals surface area contributed by atoms with Gasteiger partial charge in [0.1, 0.15) is 11.8 Å². The summed E-state index contributed by atoms with van der Waals surface area (Å²) in [5, 5.41) is 3.59. The van der Waals surface area contributed by atoms with Crippen molar-refractivity contribution in [2.24, 2.45) is 5.92 Å². The van der Waals surface area contributed by atoms with Crippen LogP contribution in [0.15, 0.2) is 76.6 Å². The first-order chi connectivity index (χ1) is 21.6. The van der Waals surface area contributed by atoms with Crippen molar-refractivity contribution in [1.82, 2.24) is 4.57 Å². The van der Waals surface area contributed by atoms with E-state index in [-0.39, 0.29) is 28.3 Å². The minimum Gasteiger partial charge on any atom is -0.372 e. The van der Waals surface area contributed by atoms with Gasteiger partial charge >= 0.3 is 4.87 Å². The lowest BCUT2D eigenvalue weighted by Gasteiger charge is -2.31. The summed E-state index contributed by atoms with van der Waals surface area (Å²) >= 11 is 20.4. The van der Waals surface area contributed by atoms with E-state index in [9.17, 15) is 19.2 Å². The van der Waals surface area contributed by atoms with Crippen molar-refractivity contribution in [3.05, 3.63) is 102 Å². The van der Waals surface area contributed by atoms with Gasteiger partial charge in [-0.25, -0.2) is 4.90 Å². The summed E-state index contributed by atoms with van der Waals surface area (Å²) in [5.41, 5.74) is 2.71. The van der Waals surface area contributed by atoms with E-state index in [0.717, 1.165) is 47.4 Å². The highest BCUT2D eigenvalue weighted by atomic mass is 35.5. The van der Waals surface area contributed by atoms with E-state index >= 15 is 0 Å². The average Bonchev–Trinajstić information content (AvgIpc) is 3.46. The summed E-state index contributed by atoms with van der Waals surface area (Å²) in [6.07, 6.45) is 0. The molecule has 8 nitrogen and oxygen atoms in total. The molecule has 2 unspecified atom stereocenters. The maximum absolute atomic E-state index is 14.1. The Morgan fingerprint density at radius 2 is 1.58 bits per heavy atom. The molecule has 0 saturated carbocycles. The molecule has 0 spiro atoms. The predicted octanol–water partition coefficient (Wildman–Crippen LogP) is 7.15. The Labute approximate surface area is 282 Å². The van der Waals surface area contributed by atoms with Gasteiger partial charge in [-0.3, -0.25) is 23.7 Å². The van der Waals surface area contributed by atoms with Crippen molar-refractivity contribution in [3.8, 4) is 0 Å². The van der Waals surface area contributed by atoms with E-state index in [1.54, 1.807) is 36.4 Å². The summed E-state index contributed by atoms with van der Waals surface area (Å²) in [4.78, 5) is 58.4. The Morgan fingerprint density at radius 1 is 0.889 bits per heavy atom. The van der Waals surface area contributed by atoms with Gasteiger partial charge in [0.15, 0.2) is 0 Å². The predicted molar refractivity (Wildman–Crippen MR) is 183 cm³/mol. The maximum atomic E-state index is 14.1. The van der Waals surface area contributed by atoms with E-state index in [1.807, 2.05) is 24.3 Å². The van der Waals surface area contributed by atoms with Gasteiger partial charge in [0, 0.05) is 40.3 Å². The number of fused-ring (bicyclic) bond motifs is 2. The number of benzene rings is 3. The zero-order chi connectivity index (χ0) is 32.0. The summed E-state index contributed by atoms with van der Waals surface area (Å²) in [5.74, 6) is -2.48.